The van der Waals surface area contributed by atoms with Crippen molar-refractivity contribution in [1.29, 1.82) is 0 Å². The Hall–Kier alpha value is -1.86. The van der Waals surface area contributed by atoms with Crippen molar-refractivity contribution in [1.82, 2.24) is 10.3 Å². The average Bonchev–Trinajstić information content (AvgIpc) is 2.30. The molecule has 2 atom stereocenters. The maximum absolute atomic E-state index is 11.6. The van der Waals surface area contributed by atoms with Crippen molar-refractivity contribution < 1.29 is 4.79 Å². The molecule has 1 amide bonds. The highest BCUT2D eigenvalue weighted by Gasteiger charge is 2.15. The molecule has 4 heteroatoms. The fourth-order valence-corrected chi connectivity index (χ4v) is 1.26. The summed E-state index contributed by atoms with van der Waals surface area (Å²) < 4.78 is 0. The van der Waals surface area contributed by atoms with Crippen LogP contribution < -0.4 is 11.1 Å². The summed E-state index contributed by atoms with van der Waals surface area (Å²) in [6, 6.07) is 2.94. The number of nitrogens with zero attached hydrogens (tertiary/aromatic N) is 1. The highest BCUT2D eigenvalue weighted by atomic mass is 16.2. The first-order valence-electron chi connectivity index (χ1n) is 5.04. The van der Waals surface area contributed by atoms with Gasteiger partial charge in [0.2, 0.25) is 5.91 Å². The SMILES string of the molecule is C#CCC(N)C(=O)N[C@H](C)c1cccnc1. The van der Waals surface area contributed by atoms with Crippen LogP contribution in [0.1, 0.15) is 24.9 Å². The minimum atomic E-state index is -0.649. The molecule has 0 radical (unpaired) electrons. The van der Waals surface area contributed by atoms with E-state index in [-0.39, 0.29) is 18.4 Å². The number of pyridine rings is 1. The summed E-state index contributed by atoms with van der Waals surface area (Å²) in [5, 5.41) is 2.78. The fourth-order valence-electron chi connectivity index (χ4n) is 1.26. The lowest BCUT2D eigenvalue weighted by molar-refractivity contribution is -0.122. The molecule has 16 heavy (non-hydrogen) atoms. The van der Waals surface area contributed by atoms with Gasteiger partial charge in [0.15, 0.2) is 0 Å². The zero-order valence-corrected chi connectivity index (χ0v) is 9.18. The Labute approximate surface area is 95.3 Å². The van der Waals surface area contributed by atoms with E-state index < -0.39 is 6.04 Å². The number of carbonyl (C=O) groups excluding carboxylic acids is 1. The van der Waals surface area contributed by atoms with E-state index >= 15 is 0 Å². The number of nitrogens with one attached hydrogen (secondary N) is 1. The quantitative estimate of drug-likeness (QED) is 0.726. The van der Waals surface area contributed by atoms with E-state index in [2.05, 4.69) is 16.2 Å². The number of amides is 1. The van der Waals surface area contributed by atoms with Gasteiger partial charge in [0, 0.05) is 18.8 Å². The molecule has 84 valence electrons. The van der Waals surface area contributed by atoms with Gasteiger partial charge < -0.3 is 11.1 Å². The van der Waals surface area contributed by atoms with Gasteiger partial charge in [0.25, 0.3) is 0 Å². The number of terminal acetylenes is 1. The average molecular weight is 217 g/mol. The third-order valence-electron chi connectivity index (χ3n) is 2.22. The lowest BCUT2D eigenvalue weighted by atomic mass is 10.1. The number of aromatic nitrogens is 1. The van der Waals surface area contributed by atoms with Gasteiger partial charge in [0.05, 0.1) is 12.1 Å². The monoisotopic (exact) mass is 217 g/mol. The van der Waals surface area contributed by atoms with E-state index in [1.807, 2.05) is 19.1 Å². The van der Waals surface area contributed by atoms with Crippen LogP contribution >= 0.6 is 0 Å². The normalized spacial score (nSPS) is 13.6. The second kappa shape index (κ2) is 5.89. The smallest absolute Gasteiger partial charge is 0.238 e. The molecule has 0 aromatic carbocycles. The van der Waals surface area contributed by atoms with Gasteiger partial charge in [-0.1, -0.05) is 6.07 Å². The van der Waals surface area contributed by atoms with E-state index in [4.69, 9.17) is 12.2 Å². The predicted molar refractivity (Wildman–Crippen MR) is 62.2 cm³/mol. The molecular weight excluding hydrogens is 202 g/mol. The molecule has 0 saturated carbocycles. The summed E-state index contributed by atoms with van der Waals surface area (Å²) >= 11 is 0. The maximum Gasteiger partial charge on any atom is 0.238 e. The summed E-state index contributed by atoms with van der Waals surface area (Å²) in [4.78, 5) is 15.5. The van der Waals surface area contributed by atoms with E-state index in [0.717, 1.165) is 5.56 Å². The Morgan fingerprint density at radius 1 is 1.75 bits per heavy atom. The topological polar surface area (TPSA) is 68.0 Å². The van der Waals surface area contributed by atoms with E-state index in [1.54, 1.807) is 12.4 Å². The summed E-state index contributed by atoms with van der Waals surface area (Å²) in [5.74, 6) is 2.12. The van der Waals surface area contributed by atoms with Crippen LogP contribution in [0.25, 0.3) is 0 Å². The molecule has 0 bridgehead atoms. The van der Waals surface area contributed by atoms with Crippen LogP contribution in [-0.4, -0.2) is 16.9 Å². The first-order chi connectivity index (χ1) is 7.65. The second-order valence-corrected chi connectivity index (χ2v) is 3.53. The van der Waals surface area contributed by atoms with Gasteiger partial charge in [-0.05, 0) is 18.6 Å². The summed E-state index contributed by atoms with van der Waals surface area (Å²) in [5.41, 5.74) is 6.52. The molecule has 1 aromatic heterocycles. The maximum atomic E-state index is 11.6. The van der Waals surface area contributed by atoms with Gasteiger partial charge in [-0.15, -0.1) is 12.3 Å². The van der Waals surface area contributed by atoms with Crippen molar-refractivity contribution in [2.45, 2.75) is 25.4 Å². The van der Waals surface area contributed by atoms with E-state index in [9.17, 15) is 4.79 Å². The minimum Gasteiger partial charge on any atom is -0.348 e. The minimum absolute atomic E-state index is 0.120. The van der Waals surface area contributed by atoms with E-state index in [1.165, 1.54) is 0 Å². The number of hydrogen-bond donors (Lipinski definition) is 2. The van der Waals surface area contributed by atoms with Gasteiger partial charge in [-0.3, -0.25) is 9.78 Å². The van der Waals surface area contributed by atoms with Gasteiger partial charge in [-0.25, -0.2) is 0 Å². The molecule has 0 fully saturated rings. The van der Waals surface area contributed by atoms with Crippen LogP contribution in [-0.2, 0) is 4.79 Å². The zero-order chi connectivity index (χ0) is 12.0. The van der Waals surface area contributed by atoms with Crippen LogP contribution in [0.5, 0.6) is 0 Å². The van der Waals surface area contributed by atoms with Crippen molar-refractivity contribution in [3.8, 4) is 12.3 Å². The Bertz CT molecular complexity index is 383. The van der Waals surface area contributed by atoms with Crippen LogP contribution in [0.4, 0.5) is 0 Å². The first kappa shape index (κ1) is 12.2. The lowest BCUT2D eigenvalue weighted by Gasteiger charge is -2.16. The molecule has 1 heterocycles. The second-order valence-electron chi connectivity index (χ2n) is 3.53. The van der Waals surface area contributed by atoms with Gasteiger partial charge in [0.1, 0.15) is 0 Å². The number of nitrogens with two attached hydrogens (primary N) is 1. The van der Waals surface area contributed by atoms with Crippen molar-refractivity contribution in [2.75, 3.05) is 0 Å². The van der Waals surface area contributed by atoms with Gasteiger partial charge >= 0.3 is 0 Å². The molecule has 0 spiro atoms. The molecule has 1 rings (SSSR count). The van der Waals surface area contributed by atoms with E-state index in [0.29, 0.717) is 0 Å². The highest BCUT2D eigenvalue weighted by Crippen LogP contribution is 2.09. The number of hydrogen-bond acceptors (Lipinski definition) is 3. The Morgan fingerprint density at radius 3 is 3.06 bits per heavy atom. The van der Waals surface area contributed by atoms with Crippen molar-refractivity contribution in [3.63, 3.8) is 0 Å². The van der Waals surface area contributed by atoms with Crippen LogP contribution in [0, 0.1) is 12.3 Å². The summed E-state index contributed by atoms with van der Waals surface area (Å²) in [6.07, 6.45) is 8.72. The molecule has 0 aliphatic heterocycles. The summed E-state index contributed by atoms with van der Waals surface area (Å²) in [6.45, 7) is 1.87. The molecule has 1 unspecified atom stereocenters. The predicted octanol–water partition coefficient (Wildman–Crippen LogP) is 0.609. The third kappa shape index (κ3) is 3.37. The molecule has 3 N–H and O–H groups in total. The summed E-state index contributed by atoms with van der Waals surface area (Å²) in [7, 11) is 0. The van der Waals surface area contributed by atoms with Crippen LogP contribution in [0.3, 0.4) is 0 Å². The Kier molecular flexibility index (Phi) is 4.49. The van der Waals surface area contributed by atoms with Crippen molar-refractivity contribution in [2.24, 2.45) is 5.73 Å². The van der Waals surface area contributed by atoms with Gasteiger partial charge in [-0.2, -0.15) is 0 Å². The largest absolute Gasteiger partial charge is 0.348 e. The zero-order valence-electron chi connectivity index (χ0n) is 9.18. The molecule has 0 aliphatic rings. The first-order valence-corrected chi connectivity index (χ1v) is 5.04. The van der Waals surface area contributed by atoms with Crippen molar-refractivity contribution >= 4 is 5.91 Å². The molecule has 0 saturated heterocycles. The Balaban J connectivity index is 2.56. The Morgan fingerprint density at radius 2 is 2.50 bits per heavy atom. The highest BCUT2D eigenvalue weighted by molar-refractivity contribution is 5.82. The molecular formula is C12H15N3O. The number of carbonyl (C=O) groups is 1. The molecule has 1 aromatic rings. The third-order valence-corrected chi connectivity index (χ3v) is 2.22. The van der Waals surface area contributed by atoms with Crippen molar-refractivity contribution in [3.05, 3.63) is 30.1 Å². The number of rotatable bonds is 4. The van der Waals surface area contributed by atoms with Crippen LogP contribution in [0.2, 0.25) is 0 Å². The standard InChI is InChI=1S/C12H15N3O/c1-3-5-11(13)12(16)15-9(2)10-6-4-7-14-8-10/h1,4,6-9,11H,5,13H2,2H3,(H,15,16)/t9-,11?/m1/s1. The fraction of sp³-hybridized carbons (Fsp3) is 0.333. The molecule has 0 aliphatic carbocycles. The molecule has 4 nitrogen and oxygen atoms in total. The van der Waals surface area contributed by atoms with Crippen LogP contribution in [0.15, 0.2) is 24.5 Å². The lowest BCUT2D eigenvalue weighted by Crippen LogP contribution is -2.41.